The molecule has 0 aromatic carbocycles. The first-order valence-corrected chi connectivity index (χ1v) is 5.92. The van der Waals surface area contributed by atoms with E-state index in [1.165, 1.54) is 17.9 Å². The Hall–Kier alpha value is -1.16. The molecule has 1 heterocycles. The summed E-state index contributed by atoms with van der Waals surface area (Å²) in [5, 5.41) is 21.2. The fraction of sp³-hybridized carbons (Fsp3) is 0.571. The van der Waals surface area contributed by atoms with Gasteiger partial charge in [0.25, 0.3) is 0 Å². The van der Waals surface area contributed by atoms with Crippen molar-refractivity contribution in [3.05, 3.63) is 6.20 Å². The molecule has 0 amide bonds. The van der Waals surface area contributed by atoms with E-state index < -0.39 is 29.3 Å². The van der Waals surface area contributed by atoms with E-state index in [0.717, 1.165) is 0 Å². The topological polar surface area (TPSA) is 130 Å². The van der Waals surface area contributed by atoms with E-state index in [-0.39, 0.29) is 10.7 Å². The largest absolute Gasteiger partial charge is 0.395 e. The lowest BCUT2D eigenvalue weighted by molar-refractivity contribution is 0.185. The highest BCUT2D eigenvalue weighted by molar-refractivity contribution is 7.89. The Balaban J connectivity index is 2.98. The van der Waals surface area contributed by atoms with Gasteiger partial charge >= 0.3 is 0 Å². The summed E-state index contributed by atoms with van der Waals surface area (Å²) in [6, 6.07) is -0.954. The second-order valence-electron chi connectivity index (χ2n) is 3.24. The number of aromatic nitrogens is 2. The van der Waals surface area contributed by atoms with Gasteiger partial charge in [0, 0.05) is 13.2 Å². The van der Waals surface area contributed by atoms with Gasteiger partial charge in [0.05, 0.1) is 19.3 Å². The zero-order valence-electron chi connectivity index (χ0n) is 8.66. The zero-order valence-corrected chi connectivity index (χ0v) is 9.48. The maximum absolute atomic E-state index is 11.7. The Bertz CT molecular complexity index is 451. The number of aryl methyl sites for hydroxylation is 1. The summed E-state index contributed by atoms with van der Waals surface area (Å²) in [5.41, 5.74) is 5.41. The van der Waals surface area contributed by atoms with Crippen LogP contribution in [0.4, 0.5) is 5.82 Å². The van der Waals surface area contributed by atoms with Crippen molar-refractivity contribution < 1.29 is 18.6 Å². The third kappa shape index (κ3) is 2.70. The summed E-state index contributed by atoms with van der Waals surface area (Å²) < 4.78 is 26.8. The lowest BCUT2D eigenvalue weighted by atomic mass is 10.4. The van der Waals surface area contributed by atoms with Gasteiger partial charge in [-0.25, -0.2) is 13.1 Å². The molecule has 0 atom stereocenters. The molecule has 0 saturated heterocycles. The van der Waals surface area contributed by atoms with Gasteiger partial charge < -0.3 is 15.9 Å². The van der Waals surface area contributed by atoms with Gasteiger partial charge in [-0.05, 0) is 0 Å². The molecule has 1 aromatic heterocycles. The summed E-state index contributed by atoms with van der Waals surface area (Å²) in [6.45, 7) is -1.01. The second-order valence-corrected chi connectivity index (χ2v) is 4.92. The smallest absolute Gasteiger partial charge is 0.246 e. The third-order valence-corrected chi connectivity index (χ3v) is 3.41. The van der Waals surface area contributed by atoms with Crippen LogP contribution in [0, 0.1) is 0 Å². The van der Waals surface area contributed by atoms with E-state index in [2.05, 4.69) is 9.82 Å². The van der Waals surface area contributed by atoms with Gasteiger partial charge in [-0.1, -0.05) is 0 Å². The van der Waals surface area contributed by atoms with E-state index in [4.69, 9.17) is 15.9 Å². The predicted molar refractivity (Wildman–Crippen MR) is 55.9 cm³/mol. The van der Waals surface area contributed by atoms with Crippen LogP contribution in [0.5, 0.6) is 0 Å². The van der Waals surface area contributed by atoms with Crippen LogP contribution >= 0.6 is 0 Å². The third-order valence-electron chi connectivity index (χ3n) is 1.87. The first kappa shape index (κ1) is 12.9. The van der Waals surface area contributed by atoms with Gasteiger partial charge in [0.1, 0.15) is 4.90 Å². The first-order chi connectivity index (χ1) is 7.40. The number of anilines is 1. The van der Waals surface area contributed by atoms with Crippen molar-refractivity contribution in [2.75, 3.05) is 18.9 Å². The molecule has 0 aliphatic rings. The summed E-state index contributed by atoms with van der Waals surface area (Å²) in [6.07, 6.45) is 1.24. The van der Waals surface area contributed by atoms with Crippen LogP contribution in [0.2, 0.25) is 0 Å². The molecule has 0 spiro atoms. The van der Waals surface area contributed by atoms with Crippen molar-refractivity contribution in [3.8, 4) is 0 Å². The number of sulfonamides is 1. The molecule has 0 radical (unpaired) electrons. The van der Waals surface area contributed by atoms with Crippen LogP contribution in [-0.2, 0) is 17.1 Å². The molecule has 5 N–H and O–H groups in total. The molecule has 1 rings (SSSR count). The van der Waals surface area contributed by atoms with Crippen molar-refractivity contribution in [1.82, 2.24) is 14.5 Å². The highest BCUT2D eigenvalue weighted by Gasteiger charge is 2.23. The molecule has 0 aliphatic heterocycles. The number of rotatable bonds is 5. The van der Waals surface area contributed by atoms with Gasteiger partial charge in [0.2, 0.25) is 10.0 Å². The zero-order chi connectivity index (χ0) is 12.3. The van der Waals surface area contributed by atoms with Crippen LogP contribution in [0.1, 0.15) is 0 Å². The molecule has 16 heavy (non-hydrogen) atoms. The van der Waals surface area contributed by atoms with Crippen LogP contribution in [0.3, 0.4) is 0 Å². The Morgan fingerprint density at radius 3 is 2.50 bits per heavy atom. The van der Waals surface area contributed by atoms with Crippen LogP contribution in [0.25, 0.3) is 0 Å². The lowest BCUT2D eigenvalue weighted by Crippen LogP contribution is -2.40. The average Bonchev–Trinajstić information content (AvgIpc) is 2.55. The van der Waals surface area contributed by atoms with Crippen molar-refractivity contribution in [2.24, 2.45) is 7.05 Å². The number of nitrogen functional groups attached to an aromatic ring is 1. The fourth-order valence-corrected chi connectivity index (χ4v) is 2.43. The number of aliphatic hydroxyl groups excluding tert-OH is 2. The van der Waals surface area contributed by atoms with E-state index in [0.29, 0.717) is 0 Å². The number of aliphatic hydroxyl groups is 2. The first-order valence-electron chi connectivity index (χ1n) is 4.44. The predicted octanol–water partition coefficient (Wildman–Crippen LogP) is -2.37. The van der Waals surface area contributed by atoms with E-state index in [1.54, 1.807) is 0 Å². The number of nitrogens with two attached hydrogens (primary N) is 1. The molecular weight excluding hydrogens is 236 g/mol. The second kappa shape index (κ2) is 4.78. The average molecular weight is 250 g/mol. The van der Waals surface area contributed by atoms with E-state index >= 15 is 0 Å². The molecule has 9 heteroatoms. The number of hydrogen-bond donors (Lipinski definition) is 4. The van der Waals surface area contributed by atoms with Crippen LogP contribution < -0.4 is 10.5 Å². The molecule has 0 unspecified atom stereocenters. The minimum absolute atomic E-state index is 0.135. The molecule has 0 aliphatic carbocycles. The molecule has 1 aromatic rings. The molecule has 0 saturated carbocycles. The normalized spacial score (nSPS) is 12.2. The maximum atomic E-state index is 11.7. The lowest BCUT2D eigenvalue weighted by Gasteiger charge is -2.12. The highest BCUT2D eigenvalue weighted by atomic mass is 32.2. The van der Waals surface area contributed by atoms with E-state index in [1.807, 2.05) is 0 Å². The van der Waals surface area contributed by atoms with E-state index in [9.17, 15) is 8.42 Å². The Morgan fingerprint density at radius 2 is 2.12 bits per heavy atom. The standard InChI is InChI=1S/C7H14N4O4S/c1-11-2-6(7(8)9-11)16(14,15)10-5(3-12)4-13/h2,5,10,12-13H,3-4H2,1H3,(H2,8,9). The molecule has 0 bridgehead atoms. The minimum Gasteiger partial charge on any atom is -0.395 e. The molecule has 0 fully saturated rings. The molecule has 92 valence electrons. The SMILES string of the molecule is Cn1cc(S(=O)(=O)NC(CO)CO)c(N)n1. The number of nitrogens with zero attached hydrogens (tertiary/aromatic N) is 2. The Labute approximate surface area is 92.7 Å². The number of hydrogen-bond acceptors (Lipinski definition) is 6. The summed E-state index contributed by atoms with van der Waals surface area (Å²) in [5.74, 6) is -0.135. The van der Waals surface area contributed by atoms with Crippen molar-refractivity contribution in [3.63, 3.8) is 0 Å². The quantitative estimate of drug-likeness (QED) is 0.462. The molecular formula is C7H14N4O4S. The minimum atomic E-state index is -3.87. The Kier molecular flexibility index (Phi) is 3.86. The summed E-state index contributed by atoms with van der Waals surface area (Å²) >= 11 is 0. The van der Waals surface area contributed by atoms with Gasteiger partial charge in [-0.15, -0.1) is 0 Å². The van der Waals surface area contributed by atoms with Crippen LogP contribution in [0.15, 0.2) is 11.1 Å². The van der Waals surface area contributed by atoms with Crippen molar-refractivity contribution in [2.45, 2.75) is 10.9 Å². The molecule has 8 nitrogen and oxygen atoms in total. The maximum Gasteiger partial charge on any atom is 0.246 e. The number of nitrogens with one attached hydrogen (secondary N) is 1. The van der Waals surface area contributed by atoms with Gasteiger partial charge in [-0.3, -0.25) is 4.68 Å². The van der Waals surface area contributed by atoms with Crippen LogP contribution in [-0.4, -0.2) is 47.7 Å². The summed E-state index contributed by atoms with van der Waals surface area (Å²) in [7, 11) is -2.34. The highest BCUT2D eigenvalue weighted by Crippen LogP contribution is 2.15. The Morgan fingerprint density at radius 1 is 1.56 bits per heavy atom. The van der Waals surface area contributed by atoms with Crippen molar-refractivity contribution in [1.29, 1.82) is 0 Å². The fourth-order valence-electron chi connectivity index (χ4n) is 1.11. The van der Waals surface area contributed by atoms with Gasteiger partial charge in [0.15, 0.2) is 5.82 Å². The van der Waals surface area contributed by atoms with Gasteiger partial charge in [-0.2, -0.15) is 5.10 Å². The monoisotopic (exact) mass is 250 g/mol. The summed E-state index contributed by atoms with van der Waals surface area (Å²) in [4.78, 5) is -0.179. The van der Waals surface area contributed by atoms with Crippen molar-refractivity contribution >= 4 is 15.8 Å².